The lowest BCUT2D eigenvalue weighted by molar-refractivity contribution is 0.114. The molecule has 78 valence electrons. The number of anilines is 2. The molecule has 0 bridgehead atoms. The van der Waals surface area contributed by atoms with Gasteiger partial charge in [0.25, 0.3) is 0 Å². The molecule has 1 rings (SSSR count). The Labute approximate surface area is 82.5 Å². The molecular formula is C9H15N3O2. The van der Waals surface area contributed by atoms with Crippen LogP contribution >= 0.6 is 0 Å². The molecule has 1 aromatic rings. The van der Waals surface area contributed by atoms with E-state index in [1.165, 1.54) is 0 Å². The van der Waals surface area contributed by atoms with E-state index in [0.29, 0.717) is 17.1 Å². The van der Waals surface area contributed by atoms with Crippen LogP contribution in [0.5, 0.6) is 5.75 Å². The highest BCUT2D eigenvalue weighted by atomic mass is 16.5. The van der Waals surface area contributed by atoms with Crippen molar-refractivity contribution in [3.05, 3.63) is 18.2 Å². The molecule has 0 aliphatic rings. The fourth-order valence-electron chi connectivity index (χ4n) is 0.930. The molecule has 0 aliphatic carbocycles. The third-order valence-electron chi connectivity index (χ3n) is 1.74. The maximum absolute atomic E-state index is 9.16. The number of aliphatic hydroxyl groups excluding tert-OH is 1. The van der Waals surface area contributed by atoms with E-state index in [1.54, 1.807) is 18.2 Å². The van der Waals surface area contributed by atoms with Crippen molar-refractivity contribution in [3.63, 3.8) is 0 Å². The summed E-state index contributed by atoms with van der Waals surface area (Å²) in [5.74, 6) is 0.470. The monoisotopic (exact) mass is 197 g/mol. The summed E-state index contributed by atoms with van der Waals surface area (Å²) in [5, 5.41) is 9.16. The van der Waals surface area contributed by atoms with Gasteiger partial charge in [0.05, 0.1) is 5.69 Å². The molecule has 1 unspecified atom stereocenters. The van der Waals surface area contributed by atoms with Gasteiger partial charge in [-0.2, -0.15) is 0 Å². The van der Waals surface area contributed by atoms with Crippen LogP contribution in [0.1, 0.15) is 0 Å². The molecule has 1 aromatic carbocycles. The Balaban J connectivity index is 2.62. The van der Waals surface area contributed by atoms with Crippen molar-refractivity contribution in [1.29, 1.82) is 0 Å². The molecule has 0 amide bonds. The lowest BCUT2D eigenvalue weighted by atomic mass is 10.2. The zero-order chi connectivity index (χ0) is 10.6. The molecular weight excluding hydrogens is 182 g/mol. The first-order valence-corrected chi connectivity index (χ1v) is 4.29. The normalized spacial score (nSPS) is 12.4. The fourth-order valence-corrected chi connectivity index (χ4v) is 0.930. The number of ether oxygens (including phenoxy) is 1. The second-order valence-electron chi connectivity index (χ2n) is 3.00. The van der Waals surface area contributed by atoms with Crippen molar-refractivity contribution in [1.82, 2.24) is 0 Å². The first kappa shape index (κ1) is 10.6. The summed E-state index contributed by atoms with van der Waals surface area (Å²) in [5.41, 5.74) is 17.4. The molecule has 7 N–H and O–H groups in total. The highest BCUT2D eigenvalue weighted by molar-refractivity contribution is 5.59. The molecule has 14 heavy (non-hydrogen) atoms. The molecule has 1 atom stereocenters. The van der Waals surface area contributed by atoms with E-state index in [9.17, 15) is 0 Å². The van der Waals surface area contributed by atoms with E-state index in [4.69, 9.17) is 27.0 Å². The molecule has 0 aliphatic heterocycles. The van der Waals surface area contributed by atoms with Gasteiger partial charge in [-0.1, -0.05) is 0 Å². The van der Waals surface area contributed by atoms with Crippen LogP contribution in [0.15, 0.2) is 18.2 Å². The van der Waals surface area contributed by atoms with Crippen molar-refractivity contribution in [2.75, 3.05) is 24.6 Å². The minimum Gasteiger partial charge on any atom is -0.489 e. The standard InChI is InChI=1S/C9H15N3O2/c10-4-7(13)5-14-9-3-6(11)1-2-8(9)12/h1-3,7,13H,4-5,10-12H2. The van der Waals surface area contributed by atoms with Gasteiger partial charge in [-0.25, -0.2) is 0 Å². The Hall–Kier alpha value is -1.46. The Kier molecular flexibility index (Phi) is 3.55. The number of hydrogen-bond donors (Lipinski definition) is 4. The number of benzene rings is 1. The number of rotatable bonds is 4. The second kappa shape index (κ2) is 4.69. The zero-order valence-corrected chi connectivity index (χ0v) is 7.81. The maximum atomic E-state index is 9.16. The van der Waals surface area contributed by atoms with Crippen LogP contribution in [-0.2, 0) is 0 Å². The molecule has 0 heterocycles. The Morgan fingerprint density at radius 1 is 1.36 bits per heavy atom. The van der Waals surface area contributed by atoms with Crippen molar-refractivity contribution in [3.8, 4) is 5.75 Å². The van der Waals surface area contributed by atoms with E-state index < -0.39 is 6.10 Å². The minimum absolute atomic E-state index is 0.115. The predicted molar refractivity (Wildman–Crippen MR) is 55.8 cm³/mol. The number of nitrogens with two attached hydrogens (primary N) is 3. The van der Waals surface area contributed by atoms with Gasteiger partial charge in [0.15, 0.2) is 0 Å². The smallest absolute Gasteiger partial charge is 0.144 e. The van der Waals surface area contributed by atoms with Gasteiger partial charge in [-0.3, -0.25) is 0 Å². The lowest BCUT2D eigenvalue weighted by Gasteiger charge is -2.12. The lowest BCUT2D eigenvalue weighted by Crippen LogP contribution is -2.26. The Morgan fingerprint density at radius 3 is 2.71 bits per heavy atom. The van der Waals surface area contributed by atoms with Crippen molar-refractivity contribution in [2.45, 2.75) is 6.10 Å². The van der Waals surface area contributed by atoms with Crippen LogP contribution in [0.4, 0.5) is 11.4 Å². The average Bonchev–Trinajstić information content (AvgIpc) is 2.19. The topological polar surface area (TPSA) is 108 Å². The SMILES string of the molecule is NCC(O)COc1cc(N)ccc1N. The Bertz CT molecular complexity index is 304. The summed E-state index contributed by atoms with van der Waals surface area (Å²) in [6.45, 7) is 0.270. The Morgan fingerprint density at radius 2 is 2.07 bits per heavy atom. The molecule has 0 radical (unpaired) electrons. The van der Waals surface area contributed by atoms with Gasteiger partial charge >= 0.3 is 0 Å². The molecule has 0 spiro atoms. The van der Waals surface area contributed by atoms with Gasteiger partial charge in [0, 0.05) is 18.3 Å². The molecule has 0 saturated carbocycles. The van der Waals surface area contributed by atoms with E-state index in [1.807, 2.05) is 0 Å². The van der Waals surface area contributed by atoms with E-state index in [0.717, 1.165) is 0 Å². The third kappa shape index (κ3) is 2.79. The predicted octanol–water partition coefficient (Wildman–Crippen LogP) is -0.451. The molecule has 0 aromatic heterocycles. The molecule has 0 saturated heterocycles. The summed E-state index contributed by atoms with van der Waals surface area (Å²) in [6, 6.07) is 4.94. The largest absolute Gasteiger partial charge is 0.489 e. The average molecular weight is 197 g/mol. The summed E-state index contributed by atoms with van der Waals surface area (Å²) in [6.07, 6.45) is -0.684. The fraction of sp³-hybridized carbons (Fsp3) is 0.333. The van der Waals surface area contributed by atoms with Crippen molar-refractivity contribution < 1.29 is 9.84 Å². The van der Waals surface area contributed by atoms with Crippen molar-refractivity contribution >= 4 is 11.4 Å². The minimum atomic E-state index is -0.684. The van der Waals surface area contributed by atoms with Crippen LogP contribution in [0, 0.1) is 0 Å². The highest BCUT2D eigenvalue weighted by Gasteiger charge is 2.05. The molecule has 5 heteroatoms. The van der Waals surface area contributed by atoms with E-state index in [-0.39, 0.29) is 13.2 Å². The molecule has 5 nitrogen and oxygen atoms in total. The van der Waals surface area contributed by atoms with Gasteiger partial charge < -0.3 is 27.0 Å². The number of hydrogen-bond acceptors (Lipinski definition) is 5. The van der Waals surface area contributed by atoms with Crippen LogP contribution in [0.2, 0.25) is 0 Å². The zero-order valence-electron chi connectivity index (χ0n) is 7.81. The van der Waals surface area contributed by atoms with Crippen molar-refractivity contribution in [2.24, 2.45) is 5.73 Å². The highest BCUT2D eigenvalue weighted by Crippen LogP contribution is 2.23. The third-order valence-corrected chi connectivity index (χ3v) is 1.74. The first-order valence-electron chi connectivity index (χ1n) is 4.29. The van der Waals surface area contributed by atoms with Crippen LogP contribution in [0.3, 0.4) is 0 Å². The number of aliphatic hydroxyl groups is 1. The van der Waals surface area contributed by atoms with Gasteiger partial charge in [-0.15, -0.1) is 0 Å². The first-order chi connectivity index (χ1) is 6.63. The van der Waals surface area contributed by atoms with E-state index in [2.05, 4.69) is 0 Å². The summed E-state index contributed by atoms with van der Waals surface area (Å²) in [7, 11) is 0. The van der Waals surface area contributed by atoms with Gasteiger partial charge in [0.2, 0.25) is 0 Å². The van der Waals surface area contributed by atoms with Crippen LogP contribution < -0.4 is 21.9 Å². The summed E-state index contributed by atoms with van der Waals surface area (Å²) >= 11 is 0. The summed E-state index contributed by atoms with van der Waals surface area (Å²) in [4.78, 5) is 0. The number of nitrogen functional groups attached to an aromatic ring is 2. The maximum Gasteiger partial charge on any atom is 0.144 e. The summed E-state index contributed by atoms with van der Waals surface area (Å²) < 4.78 is 5.24. The van der Waals surface area contributed by atoms with Gasteiger partial charge in [0.1, 0.15) is 18.5 Å². The second-order valence-corrected chi connectivity index (χ2v) is 3.00. The van der Waals surface area contributed by atoms with Gasteiger partial charge in [-0.05, 0) is 12.1 Å². The quantitative estimate of drug-likeness (QED) is 0.489. The van der Waals surface area contributed by atoms with Crippen LogP contribution in [0.25, 0.3) is 0 Å². The van der Waals surface area contributed by atoms with E-state index >= 15 is 0 Å². The van der Waals surface area contributed by atoms with Crippen LogP contribution in [-0.4, -0.2) is 24.4 Å². The molecule has 0 fully saturated rings.